The molecule has 0 bridgehead atoms. The van der Waals surface area contributed by atoms with Crippen molar-refractivity contribution in [2.75, 3.05) is 6.61 Å². The van der Waals surface area contributed by atoms with E-state index < -0.39 is 17.1 Å². The second-order valence-electron chi connectivity index (χ2n) is 9.20. The first kappa shape index (κ1) is 18.0. The molecule has 3 N–H and O–H groups in total. The van der Waals surface area contributed by atoms with Crippen molar-refractivity contribution in [3.8, 4) is 12.3 Å². The summed E-state index contributed by atoms with van der Waals surface area (Å²) in [4.78, 5) is 12.2. The van der Waals surface area contributed by atoms with Crippen molar-refractivity contribution in [2.45, 2.75) is 57.7 Å². The topological polar surface area (TPSA) is 77.8 Å². The molecule has 0 amide bonds. The minimum absolute atomic E-state index is 0.194. The van der Waals surface area contributed by atoms with Gasteiger partial charge in [0.05, 0.1) is 12.7 Å². The summed E-state index contributed by atoms with van der Waals surface area (Å²) in [5.74, 6) is 3.27. The zero-order valence-corrected chi connectivity index (χ0v) is 15.5. The Hall–Kier alpha value is -1.41. The summed E-state index contributed by atoms with van der Waals surface area (Å²) in [5.41, 5.74) is -0.612. The summed E-state index contributed by atoms with van der Waals surface area (Å²) in [7, 11) is 0. The van der Waals surface area contributed by atoms with Crippen LogP contribution >= 0.6 is 0 Å². The highest BCUT2D eigenvalue weighted by Crippen LogP contribution is 2.66. The molecule has 4 aliphatic rings. The van der Waals surface area contributed by atoms with Gasteiger partial charge in [-0.1, -0.05) is 25.8 Å². The van der Waals surface area contributed by atoms with Crippen LogP contribution in [0.4, 0.5) is 0 Å². The van der Waals surface area contributed by atoms with Crippen molar-refractivity contribution in [3.63, 3.8) is 0 Å². The molecule has 0 aromatic carbocycles. The summed E-state index contributed by atoms with van der Waals surface area (Å²) in [5, 5.41) is 31.5. The first-order chi connectivity index (χ1) is 12.2. The molecule has 0 aliphatic heterocycles. The molecule has 0 aromatic heterocycles. The maximum Gasteiger partial charge on any atom is 0.183 e. The molecule has 0 unspecified atom stereocenters. The van der Waals surface area contributed by atoms with Crippen LogP contribution in [0.1, 0.15) is 46.0 Å². The summed E-state index contributed by atoms with van der Waals surface area (Å²) in [6.07, 6.45) is 12.3. The van der Waals surface area contributed by atoms with Gasteiger partial charge in [-0.05, 0) is 61.5 Å². The van der Waals surface area contributed by atoms with E-state index in [1.54, 1.807) is 6.08 Å². The van der Waals surface area contributed by atoms with Gasteiger partial charge in [-0.15, -0.1) is 6.42 Å². The molecule has 140 valence electrons. The van der Waals surface area contributed by atoms with E-state index in [1.165, 1.54) is 0 Å². The van der Waals surface area contributed by atoms with Gasteiger partial charge < -0.3 is 15.3 Å². The first-order valence-corrected chi connectivity index (χ1v) is 9.67. The number of allylic oxidation sites excluding steroid dienone is 2. The lowest BCUT2D eigenvalue weighted by Gasteiger charge is -2.58. The van der Waals surface area contributed by atoms with E-state index in [1.807, 2.05) is 6.08 Å². The Morgan fingerprint density at radius 1 is 1.27 bits per heavy atom. The van der Waals surface area contributed by atoms with Crippen LogP contribution in [0.15, 0.2) is 23.3 Å². The highest BCUT2D eigenvalue weighted by atomic mass is 16.3. The third-order valence-corrected chi connectivity index (χ3v) is 8.32. The molecule has 4 aliphatic carbocycles. The van der Waals surface area contributed by atoms with Crippen molar-refractivity contribution in [3.05, 3.63) is 23.3 Å². The number of aliphatic hydroxyl groups excluding tert-OH is 2. The van der Waals surface area contributed by atoms with Crippen LogP contribution < -0.4 is 0 Å². The van der Waals surface area contributed by atoms with Gasteiger partial charge in [-0.3, -0.25) is 4.79 Å². The van der Waals surface area contributed by atoms with E-state index >= 15 is 0 Å². The molecule has 3 saturated carbocycles. The van der Waals surface area contributed by atoms with Gasteiger partial charge in [-0.2, -0.15) is 0 Å². The van der Waals surface area contributed by atoms with E-state index in [9.17, 15) is 20.1 Å². The van der Waals surface area contributed by atoms with Gasteiger partial charge in [0, 0.05) is 16.4 Å². The van der Waals surface area contributed by atoms with E-state index in [0.29, 0.717) is 18.4 Å². The number of hydrogen-bond donors (Lipinski definition) is 3. The highest BCUT2D eigenvalue weighted by Gasteiger charge is 2.64. The number of fused-ring (bicyclic) bond motifs is 5. The number of terminal acetylenes is 1. The van der Waals surface area contributed by atoms with Crippen LogP contribution in [-0.2, 0) is 4.79 Å². The van der Waals surface area contributed by atoms with Crippen LogP contribution in [0.2, 0.25) is 0 Å². The van der Waals surface area contributed by atoms with Gasteiger partial charge in [0.15, 0.2) is 5.78 Å². The lowest BCUT2D eigenvalue weighted by Crippen LogP contribution is -2.56. The highest BCUT2D eigenvalue weighted by molar-refractivity contribution is 6.06. The average Bonchev–Trinajstić information content (AvgIpc) is 2.88. The van der Waals surface area contributed by atoms with Crippen molar-refractivity contribution in [1.29, 1.82) is 0 Å². The van der Waals surface area contributed by atoms with Gasteiger partial charge in [0.1, 0.15) is 5.60 Å². The van der Waals surface area contributed by atoms with Crippen LogP contribution in [0.25, 0.3) is 0 Å². The van der Waals surface area contributed by atoms with Gasteiger partial charge in [-0.25, -0.2) is 0 Å². The predicted octanol–water partition coefficient (Wildman–Crippen LogP) is 1.99. The SMILES string of the molecule is C#C[C@]1(O)CC[C@H]2[C@@H]3C[C@@H](O)C4=CC(=O)C(CO)=C[C@]4(C)[C@H]3CC[C@@]21C. The molecule has 3 fully saturated rings. The Bertz CT molecular complexity index is 759. The van der Waals surface area contributed by atoms with Crippen molar-refractivity contribution >= 4 is 5.78 Å². The van der Waals surface area contributed by atoms with E-state index in [4.69, 9.17) is 6.42 Å². The molecule has 0 aromatic rings. The van der Waals surface area contributed by atoms with Crippen LogP contribution in [-0.4, -0.2) is 39.4 Å². The third kappa shape index (κ3) is 2.05. The van der Waals surface area contributed by atoms with Gasteiger partial charge in [0.2, 0.25) is 0 Å². The normalized spacial score (nSPS) is 50.1. The van der Waals surface area contributed by atoms with E-state index in [2.05, 4.69) is 19.8 Å². The standard InChI is InChI=1S/C22H28O4/c1-4-22(26)8-6-16-14-9-19(25)17-10-18(24)13(12-23)11-20(17,2)15(14)5-7-21(16,22)3/h1,10-11,14-16,19,23,25-26H,5-9,12H2,2-3H3/t14-,15+,16+,19-,20-,21+,22+/m1/s1. The van der Waals surface area contributed by atoms with Crippen LogP contribution in [0, 0.1) is 40.9 Å². The van der Waals surface area contributed by atoms with Crippen molar-refractivity contribution in [1.82, 2.24) is 0 Å². The van der Waals surface area contributed by atoms with Crippen LogP contribution in [0.3, 0.4) is 0 Å². The third-order valence-electron chi connectivity index (χ3n) is 8.32. The zero-order chi connectivity index (χ0) is 18.9. The molecule has 4 nitrogen and oxygen atoms in total. The molecule has 0 saturated heterocycles. The molecular weight excluding hydrogens is 328 g/mol. The predicted molar refractivity (Wildman–Crippen MR) is 97.8 cm³/mol. The first-order valence-electron chi connectivity index (χ1n) is 9.67. The average molecular weight is 356 g/mol. The molecule has 0 heterocycles. The maximum atomic E-state index is 12.2. The second kappa shape index (κ2) is 5.55. The zero-order valence-electron chi connectivity index (χ0n) is 15.5. The summed E-state index contributed by atoms with van der Waals surface area (Å²) >= 11 is 0. The number of carbonyl (C=O) groups excluding carboxylic acids is 1. The second-order valence-corrected chi connectivity index (χ2v) is 9.20. The van der Waals surface area contributed by atoms with Crippen LogP contribution in [0.5, 0.6) is 0 Å². The number of aliphatic hydroxyl groups is 3. The molecule has 0 spiro atoms. The largest absolute Gasteiger partial charge is 0.392 e. The number of ketones is 1. The summed E-state index contributed by atoms with van der Waals surface area (Å²) < 4.78 is 0. The molecule has 26 heavy (non-hydrogen) atoms. The Morgan fingerprint density at radius 3 is 2.62 bits per heavy atom. The Kier molecular flexibility index (Phi) is 3.83. The van der Waals surface area contributed by atoms with Gasteiger partial charge >= 0.3 is 0 Å². The Balaban J connectivity index is 1.77. The number of carbonyl (C=O) groups is 1. The molecule has 4 heteroatoms. The van der Waals surface area contributed by atoms with Crippen molar-refractivity contribution in [2.24, 2.45) is 28.6 Å². The fourth-order valence-corrected chi connectivity index (χ4v) is 6.80. The summed E-state index contributed by atoms with van der Waals surface area (Å²) in [6.45, 7) is 3.93. The lowest BCUT2D eigenvalue weighted by molar-refractivity contribution is -0.114. The number of hydrogen-bond acceptors (Lipinski definition) is 4. The number of rotatable bonds is 1. The smallest absolute Gasteiger partial charge is 0.183 e. The Labute approximate surface area is 155 Å². The van der Waals surface area contributed by atoms with Gasteiger partial charge in [0.25, 0.3) is 0 Å². The van der Waals surface area contributed by atoms with E-state index in [-0.39, 0.29) is 35.6 Å². The monoisotopic (exact) mass is 356 g/mol. The summed E-state index contributed by atoms with van der Waals surface area (Å²) in [6, 6.07) is 0. The molecule has 7 atom stereocenters. The molecule has 0 radical (unpaired) electrons. The molecular formula is C22H28O4. The van der Waals surface area contributed by atoms with Crippen molar-refractivity contribution < 1.29 is 20.1 Å². The fourth-order valence-electron chi connectivity index (χ4n) is 6.80. The maximum absolute atomic E-state index is 12.2. The van der Waals surface area contributed by atoms with E-state index in [0.717, 1.165) is 24.8 Å². The minimum Gasteiger partial charge on any atom is -0.392 e. The fraction of sp³-hybridized carbons (Fsp3) is 0.682. The molecule has 4 rings (SSSR count). The Morgan fingerprint density at radius 2 is 1.96 bits per heavy atom. The minimum atomic E-state index is -1.07. The lowest BCUT2D eigenvalue weighted by atomic mass is 9.46. The quantitative estimate of drug-likeness (QED) is 0.628.